The summed E-state index contributed by atoms with van der Waals surface area (Å²) in [5.41, 5.74) is 2.68. The highest BCUT2D eigenvalue weighted by atomic mass is 16.1. The molecule has 0 amide bonds. The van der Waals surface area contributed by atoms with Gasteiger partial charge < -0.3 is 9.13 Å². The monoisotopic (exact) mass is 297 g/mol. The van der Waals surface area contributed by atoms with E-state index in [1.54, 1.807) is 0 Å². The van der Waals surface area contributed by atoms with Gasteiger partial charge in [0, 0.05) is 18.5 Å². The summed E-state index contributed by atoms with van der Waals surface area (Å²) in [6.45, 7) is 5.93. The molecule has 116 valence electrons. The highest BCUT2D eigenvalue weighted by molar-refractivity contribution is 6.02. The van der Waals surface area contributed by atoms with Gasteiger partial charge in [-0.15, -0.1) is 0 Å². The van der Waals surface area contributed by atoms with Crippen LogP contribution < -0.4 is 5.56 Å². The Balaban J connectivity index is 2.29. The van der Waals surface area contributed by atoms with E-state index in [2.05, 4.69) is 24.9 Å². The topological polar surface area (TPSA) is 39.8 Å². The molecule has 0 saturated heterocycles. The Morgan fingerprint density at radius 1 is 1.05 bits per heavy atom. The van der Waals surface area contributed by atoms with E-state index in [0.717, 1.165) is 60.7 Å². The molecule has 0 fully saturated rings. The maximum absolute atomic E-state index is 13.0. The van der Waals surface area contributed by atoms with Crippen LogP contribution in [0.2, 0.25) is 0 Å². The van der Waals surface area contributed by atoms with E-state index in [1.165, 1.54) is 0 Å². The van der Waals surface area contributed by atoms with E-state index < -0.39 is 0 Å². The highest BCUT2D eigenvalue weighted by Gasteiger charge is 2.14. The fraction of sp³-hybridized carbons (Fsp3) is 0.444. The van der Waals surface area contributed by atoms with Crippen LogP contribution in [0.4, 0.5) is 0 Å². The lowest BCUT2D eigenvalue weighted by molar-refractivity contribution is 0.621. The maximum Gasteiger partial charge on any atom is 0.277 e. The van der Waals surface area contributed by atoms with Crippen LogP contribution in [-0.4, -0.2) is 14.1 Å². The normalized spacial score (nSPS) is 11.5. The molecular formula is C18H23N3O. The van der Waals surface area contributed by atoms with Gasteiger partial charge in [-0.05, 0) is 18.9 Å². The molecule has 3 rings (SSSR count). The summed E-state index contributed by atoms with van der Waals surface area (Å²) in [7, 11) is 0. The Bertz CT molecular complexity index is 845. The third kappa shape index (κ3) is 2.43. The van der Waals surface area contributed by atoms with Gasteiger partial charge in [-0.1, -0.05) is 44.9 Å². The Hall–Kier alpha value is -2.10. The molecule has 2 aromatic heterocycles. The van der Waals surface area contributed by atoms with Gasteiger partial charge in [0.15, 0.2) is 0 Å². The summed E-state index contributed by atoms with van der Waals surface area (Å²) in [6.07, 6.45) is 6.08. The summed E-state index contributed by atoms with van der Waals surface area (Å²) >= 11 is 0. The highest BCUT2D eigenvalue weighted by Crippen LogP contribution is 2.22. The van der Waals surface area contributed by atoms with E-state index in [9.17, 15) is 4.79 Å². The van der Waals surface area contributed by atoms with E-state index in [4.69, 9.17) is 0 Å². The average molecular weight is 297 g/mol. The van der Waals surface area contributed by atoms with Crippen LogP contribution in [-0.2, 0) is 13.1 Å². The predicted octanol–water partition coefficient (Wildman–Crippen LogP) is 3.95. The molecule has 0 radical (unpaired) electrons. The number of benzene rings is 1. The Labute approximate surface area is 130 Å². The number of imidazole rings is 1. The summed E-state index contributed by atoms with van der Waals surface area (Å²) in [4.78, 5) is 17.5. The van der Waals surface area contributed by atoms with Gasteiger partial charge >= 0.3 is 0 Å². The van der Waals surface area contributed by atoms with Crippen molar-refractivity contribution < 1.29 is 0 Å². The molecule has 4 heteroatoms. The molecule has 1 aromatic carbocycles. The Kier molecular flexibility index (Phi) is 4.27. The largest absolute Gasteiger partial charge is 0.326 e. The average Bonchev–Trinajstić information content (AvgIpc) is 2.97. The third-order valence-corrected chi connectivity index (χ3v) is 4.22. The van der Waals surface area contributed by atoms with Gasteiger partial charge in [-0.25, -0.2) is 4.98 Å². The van der Waals surface area contributed by atoms with Crippen molar-refractivity contribution >= 4 is 21.9 Å². The third-order valence-electron chi connectivity index (χ3n) is 4.22. The number of fused-ring (bicyclic) bond motifs is 3. The van der Waals surface area contributed by atoms with E-state index in [1.807, 2.05) is 33.7 Å². The Morgan fingerprint density at radius 2 is 1.77 bits per heavy atom. The number of hydrogen-bond donors (Lipinski definition) is 0. The summed E-state index contributed by atoms with van der Waals surface area (Å²) in [5, 5.41) is 1.07. The first-order chi connectivity index (χ1) is 10.8. The molecule has 4 nitrogen and oxygen atoms in total. The van der Waals surface area contributed by atoms with Crippen LogP contribution in [0, 0.1) is 0 Å². The van der Waals surface area contributed by atoms with Crippen LogP contribution in [0.1, 0.15) is 39.5 Å². The van der Waals surface area contributed by atoms with Gasteiger partial charge in [-0.3, -0.25) is 4.79 Å². The van der Waals surface area contributed by atoms with Gasteiger partial charge in [-0.2, -0.15) is 0 Å². The molecule has 0 bridgehead atoms. The zero-order valence-electron chi connectivity index (χ0n) is 13.4. The van der Waals surface area contributed by atoms with Crippen molar-refractivity contribution in [1.29, 1.82) is 0 Å². The standard InChI is InChI=1S/C18H23N3O/c1-3-5-11-20-13-19-16-14-9-7-8-10-15(14)21(12-6-4-2)18(22)17(16)20/h7-10,13H,3-6,11-12H2,1-2H3. The predicted molar refractivity (Wildman–Crippen MR) is 91.3 cm³/mol. The van der Waals surface area contributed by atoms with E-state index in [-0.39, 0.29) is 5.56 Å². The number of unbranched alkanes of at least 4 members (excludes halogenated alkanes) is 2. The van der Waals surface area contributed by atoms with Crippen LogP contribution in [0.3, 0.4) is 0 Å². The fourth-order valence-corrected chi connectivity index (χ4v) is 2.99. The van der Waals surface area contributed by atoms with Crippen LogP contribution in [0.25, 0.3) is 21.9 Å². The molecule has 0 aliphatic carbocycles. The van der Waals surface area contributed by atoms with Crippen molar-refractivity contribution in [3.05, 3.63) is 40.9 Å². The van der Waals surface area contributed by atoms with Crippen molar-refractivity contribution in [3.8, 4) is 0 Å². The molecule has 0 aliphatic rings. The molecular weight excluding hydrogens is 274 g/mol. The van der Waals surface area contributed by atoms with Crippen molar-refractivity contribution in [2.45, 2.75) is 52.6 Å². The summed E-state index contributed by atoms with van der Waals surface area (Å²) < 4.78 is 3.95. The first-order valence-corrected chi connectivity index (χ1v) is 8.24. The minimum absolute atomic E-state index is 0.0933. The lowest BCUT2D eigenvalue weighted by Crippen LogP contribution is -2.23. The smallest absolute Gasteiger partial charge is 0.277 e. The number of aryl methyl sites for hydroxylation is 2. The lowest BCUT2D eigenvalue weighted by Gasteiger charge is -2.11. The number of pyridine rings is 1. The van der Waals surface area contributed by atoms with E-state index in [0.29, 0.717) is 0 Å². The van der Waals surface area contributed by atoms with Crippen molar-refractivity contribution in [2.24, 2.45) is 0 Å². The first kappa shape index (κ1) is 14.8. The summed E-state index contributed by atoms with van der Waals surface area (Å²) in [5.74, 6) is 0. The minimum Gasteiger partial charge on any atom is -0.326 e. The molecule has 3 aromatic rings. The first-order valence-electron chi connectivity index (χ1n) is 8.24. The van der Waals surface area contributed by atoms with Gasteiger partial charge in [0.1, 0.15) is 11.0 Å². The van der Waals surface area contributed by atoms with Gasteiger partial charge in [0.2, 0.25) is 0 Å². The molecule has 0 N–H and O–H groups in total. The van der Waals surface area contributed by atoms with Crippen molar-refractivity contribution in [2.75, 3.05) is 0 Å². The number of nitrogens with zero attached hydrogens (tertiary/aromatic N) is 3. The quantitative estimate of drug-likeness (QED) is 0.691. The molecule has 22 heavy (non-hydrogen) atoms. The molecule has 0 unspecified atom stereocenters. The zero-order chi connectivity index (χ0) is 15.5. The van der Waals surface area contributed by atoms with Gasteiger partial charge in [0.05, 0.1) is 11.8 Å². The Morgan fingerprint density at radius 3 is 2.55 bits per heavy atom. The molecule has 2 heterocycles. The zero-order valence-corrected chi connectivity index (χ0v) is 13.4. The molecule has 0 saturated carbocycles. The van der Waals surface area contributed by atoms with Crippen molar-refractivity contribution in [1.82, 2.24) is 14.1 Å². The van der Waals surface area contributed by atoms with Crippen LogP contribution in [0.5, 0.6) is 0 Å². The second kappa shape index (κ2) is 6.34. The van der Waals surface area contributed by atoms with E-state index >= 15 is 0 Å². The van der Waals surface area contributed by atoms with Gasteiger partial charge in [0.25, 0.3) is 5.56 Å². The maximum atomic E-state index is 13.0. The van der Waals surface area contributed by atoms with Crippen LogP contribution >= 0.6 is 0 Å². The molecule has 0 atom stereocenters. The van der Waals surface area contributed by atoms with Crippen molar-refractivity contribution in [3.63, 3.8) is 0 Å². The lowest BCUT2D eigenvalue weighted by atomic mass is 10.1. The minimum atomic E-state index is 0.0933. The number of aromatic nitrogens is 3. The number of para-hydroxylation sites is 1. The SMILES string of the molecule is CCCCn1cnc2c3ccccc3n(CCCC)c(=O)c21. The molecule has 0 spiro atoms. The number of hydrogen-bond acceptors (Lipinski definition) is 2. The summed E-state index contributed by atoms with van der Waals surface area (Å²) in [6, 6.07) is 8.10. The molecule has 0 aliphatic heterocycles. The second-order valence-corrected chi connectivity index (χ2v) is 5.82. The fourth-order valence-electron chi connectivity index (χ4n) is 2.99. The second-order valence-electron chi connectivity index (χ2n) is 5.82. The van der Waals surface area contributed by atoms with Crippen LogP contribution in [0.15, 0.2) is 35.4 Å². The number of rotatable bonds is 6.